The second-order valence-corrected chi connectivity index (χ2v) is 6.08. The summed E-state index contributed by atoms with van der Waals surface area (Å²) in [6, 6.07) is 10.1. The van der Waals surface area contributed by atoms with E-state index in [4.69, 9.17) is 0 Å². The van der Waals surface area contributed by atoms with Gasteiger partial charge in [-0.1, -0.05) is 18.2 Å². The molecule has 3 rings (SSSR count). The van der Waals surface area contributed by atoms with E-state index in [1.807, 2.05) is 6.92 Å². The van der Waals surface area contributed by atoms with Crippen molar-refractivity contribution in [3.05, 3.63) is 54.5 Å². The zero-order valence-corrected chi connectivity index (χ0v) is 11.0. The first-order chi connectivity index (χ1) is 9.09. The number of aromatic nitrogens is 3. The molecule has 19 heavy (non-hydrogen) atoms. The van der Waals surface area contributed by atoms with Crippen LogP contribution in [-0.4, -0.2) is 23.0 Å². The summed E-state index contributed by atoms with van der Waals surface area (Å²) in [7, 11) is -3.58. The lowest BCUT2D eigenvalue weighted by molar-refractivity contribution is 0.596. The maximum absolute atomic E-state index is 12.5. The fraction of sp³-hybridized carbons (Fsp3) is 0.0769. The Hall–Kier alpha value is -2.21. The lowest BCUT2D eigenvalue weighted by atomic mass is 10.4. The molecule has 0 radical (unpaired) electrons. The van der Waals surface area contributed by atoms with E-state index >= 15 is 0 Å². The maximum atomic E-state index is 12.5. The molecule has 6 heteroatoms. The molecular weight excluding hydrogens is 262 g/mol. The van der Waals surface area contributed by atoms with Gasteiger partial charge in [0.2, 0.25) is 9.84 Å². The van der Waals surface area contributed by atoms with Crippen LogP contribution in [0.4, 0.5) is 0 Å². The molecule has 0 amide bonds. The summed E-state index contributed by atoms with van der Waals surface area (Å²) < 4.78 is 26.5. The number of hydrogen-bond donors (Lipinski definition) is 0. The van der Waals surface area contributed by atoms with E-state index in [1.54, 1.807) is 42.6 Å². The highest BCUT2D eigenvalue weighted by molar-refractivity contribution is 7.91. The van der Waals surface area contributed by atoms with Crippen molar-refractivity contribution in [3.63, 3.8) is 0 Å². The van der Waals surface area contributed by atoms with Gasteiger partial charge in [-0.2, -0.15) is 5.10 Å². The van der Waals surface area contributed by atoms with Gasteiger partial charge in [-0.25, -0.2) is 17.9 Å². The van der Waals surface area contributed by atoms with Gasteiger partial charge in [0.05, 0.1) is 11.1 Å². The molecule has 96 valence electrons. The number of nitrogens with zero attached hydrogens (tertiary/aromatic N) is 3. The third-order valence-electron chi connectivity index (χ3n) is 2.82. The summed E-state index contributed by atoms with van der Waals surface area (Å²) in [5.74, 6) is 0. The number of aryl methyl sites for hydroxylation is 1. The van der Waals surface area contributed by atoms with Gasteiger partial charge in [-0.15, -0.1) is 0 Å². The van der Waals surface area contributed by atoms with Gasteiger partial charge in [0.25, 0.3) is 0 Å². The standard InChI is InChI=1S/C13H11N3O2S/c1-10-7-8-16-13(15-10)12(9-14-16)19(17,18)11-5-3-2-4-6-11/h2-9H,1H3. The molecular formula is C13H11N3O2S. The molecule has 3 aromatic rings. The molecule has 0 fully saturated rings. The number of sulfone groups is 1. The van der Waals surface area contributed by atoms with E-state index in [9.17, 15) is 8.42 Å². The molecule has 0 spiro atoms. The Morgan fingerprint density at radius 2 is 1.84 bits per heavy atom. The Labute approximate surface area is 110 Å². The minimum absolute atomic E-state index is 0.127. The second kappa shape index (κ2) is 4.17. The van der Waals surface area contributed by atoms with Gasteiger partial charge >= 0.3 is 0 Å². The Morgan fingerprint density at radius 1 is 1.11 bits per heavy atom. The number of fused-ring (bicyclic) bond motifs is 1. The van der Waals surface area contributed by atoms with Gasteiger partial charge in [0.15, 0.2) is 5.65 Å². The van der Waals surface area contributed by atoms with E-state index in [-0.39, 0.29) is 9.79 Å². The molecule has 1 aromatic carbocycles. The number of hydrogen-bond acceptors (Lipinski definition) is 4. The Bertz CT molecular complexity index is 839. The molecule has 0 aliphatic rings. The molecule has 2 aromatic heterocycles. The van der Waals surface area contributed by atoms with E-state index in [1.165, 1.54) is 10.7 Å². The van der Waals surface area contributed by atoms with Crippen molar-refractivity contribution in [3.8, 4) is 0 Å². The zero-order chi connectivity index (χ0) is 13.5. The molecule has 0 aliphatic heterocycles. The van der Waals surface area contributed by atoms with Crippen LogP contribution in [0, 0.1) is 6.92 Å². The molecule has 0 atom stereocenters. The van der Waals surface area contributed by atoms with Crippen molar-refractivity contribution in [1.82, 2.24) is 14.6 Å². The average molecular weight is 273 g/mol. The van der Waals surface area contributed by atoms with Gasteiger partial charge in [0.1, 0.15) is 4.90 Å². The molecule has 5 nitrogen and oxygen atoms in total. The van der Waals surface area contributed by atoms with Crippen molar-refractivity contribution in [2.75, 3.05) is 0 Å². The largest absolute Gasteiger partial charge is 0.233 e. The molecule has 2 heterocycles. The lowest BCUT2D eigenvalue weighted by Crippen LogP contribution is -2.02. The summed E-state index contributed by atoms with van der Waals surface area (Å²) in [5, 5.41) is 4.03. The second-order valence-electron chi connectivity index (χ2n) is 4.16. The number of rotatable bonds is 2. The fourth-order valence-corrected chi connectivity index (χ4v) is 3.19. The Kier molecular flexibility index (Phi) is 2.60. The number of benzene rings is 1. The first-order valence-corrected chi connectivity index (χ1v) is 7.18. The van der Waals surface area contributed by atoms with Crippen molar-refractivity contribution in [1.29, 1.82) is 0 Å². The summed E-state index contributed by atoms with van der Waals surface area (Å²) in [5.41, 5.74) is 1.10. The molecule has 0 N–H and O–H groups in total. The predicted octanol–water partition coefficient (Wildman–Crippen LogP) is 1.87. The topological polar surface area (TPSA) is 64.3 Å². The van der Waals surface area contributed by atoms with Crippen LogP contribution in [0.2, 0.25) is 0 Å². The maximum Gasteiger partial charge on any atom is 0.211 e. The molecule has 0 saturated carbocycles. The van der Waals surface area contributed by atoms with Crippen LogP contribution in [0.15, 0.2) is 58.6 Å². The highest BCUT2D eigenvalue weighted by Crippen LogP contribution is 2.23. The van der Waals surface area contributed by atoms with E-state index in [0.29, 0.717) is 5.65 Å². The van der Waals surface area contributed by atoms with Crippen LogP contribution in [0.25, 0.3) is 5.65 Å². The average Bonchev–Trinajstić information content (AvgIpc) is 2.83. The summed E-state index contributed by atoms with van der Waals surface area (Å²) in [6.07, 6.45) is 3.03. The third kappa shape index (κ3) is 1.90. The van der Waals surface area contributed by atoms with Crippen LogP contribution in [0.5, 0.6) is 0 Å². The lowest BCUT2D eigenvalue weighted by Gasteiger charge is -2.02. The van der Waals surface area contributed by atoms with E-state index in [2.05, 4.69) is 10.1 Å². The van der Waals surface area contributed by atoms with Crippen molar-refractivity contribution in [2.24, 2.45) is 0 Å². The Balaban J connectivity index is 2.28. The summed E-state index contributed by atoms with van der Waals surface area (Å²) >= 11 is 0. The first-order valence-electron chi connectivity index (χ1n) is 5.70. The van der Waals surface area contributed by atoms with Crippen LogP contribution in [0.3, 0.4) is 0 Å². The fourth-order valence-electron chi connectivity index (χ4n) is 1.85. The minimum Gasteiger partial charge on any atom is -0.233 e. The quantitative estimate of drug-likeness (QED) is 0.715. The smallest absolute Gasteiger partial charge is 0.211 e. The minimum atomic E-state index is -3.58. The van der Waals surface area contributed by atoms with Gasteiger partial charge in [0, 0.05) is 11.9 Å². The van der Waals surface area contributed by atoms with Crippen LogP contribution in [-0.2, 0) is 9.84 Å². The zero-order valence-electron chi connectivity index (χ0n) is 10.2. The Morgan fingerprint density at radius 3 is 2.58 bits per heavy atom. The SMILES string of the molecule is Cc1ccn2ncc(S(=O)(=O)c3ccccc3)c2n1. The van der Waals surface area contributed by atoms with Crippen molar-refractivity contribution in [2.45, 2.75) is 16.7 Å². The first kappa shape index (κ1) is 11.9. The van der Waals surface area contributed by atoms with E-state index in [0.717, 1.165) is 5.69 Å². The molecule has 0 bridgehead atoms. The van der Waals surface area contributed by atoms with Crippen LogP contribution in [0.1, 0.15) is 5.69 Å². The summed E-state index contributed by atoms with van der Waals surface area (Å²) in [6.45, 7) is 1.81. The monoisotopic (exact) mass is 273 g/mol. The van der Waals surface area contributed by atoms with Crippen molar-refractivity contribution >= 4 is 15.5 Å². The van der Waals surface area contributed by atoms with Gasteiger partial charge in [-0.3, -0.25) is 0 Å². The van der Waals surface area contributed by atoms with Gasteiger partial charge in [-0.05, 0) is 25.1 Å². The van der Waals surface area contributed by atoms with E-state index < -0.39 is 9.84 Å². The third-order valence-corrected chi connectivity index (χ3v) is 4.58. The highest BCUT2D eigenvalue weighted by atomic mass is 32.2. The van der Waals surface area contributed by atoms with Crippen molar-refractivity contribution < 1.29 is 8.42 Å². The molecule has 0 aliphatic carbocycles. The normalized spacial score (nSPS) is 11.8. The predicted molar refractivity (Wildman–Crippen MR) is 69.6 cm³/mol. The molecule has 0 saturated heterocycles. The van der Waals surface area contributed by atoms with Crippen LogP contribution >= 0.6 is 0 Å². The molecule has 0 unspecified atom stereocenters. The van der Waals surface area contributed by atoms with Crippen LogP contribution < -0.4 is 0 Å². The van der Waals surface area contributed by atoms with Gasteiger partial charge < -0.3 is 0 Å². The summed E-state index contributed by atoms with van der Waals surface area (Å²) in [4.78, 5) is 4.62. The highest BCUT2D eigenvalue weighted by Gasteiger charge is 2.22.